The molecule has 2 unspecified atom stereocenters. The van der Waals surface area contributed by atoms with E-state index in [1.807, 2.05) is 50.2 Å². The predicted octanol–water partition coefficient (Wildman–Crippen LogP) is 7.59. The normalized spacial score (nSPS) is 12.3. The Hall–Kier alpha value is -5.24. The molecule has 52 heavy (non-hydrogen) atoms. The van der Waals surface area contributed by atoms with Crippen molar-refractivity contribution >= 4 is 35.1 Å². The van der Waals surface area contributed by atoms with Crippen LogP contribution in [0.15, 0.2) is 97.1 Å². The lowest BCUT2D eigenvalue weighted by Gasteiger charge is -2.20. The first-order valence-electron chi connectivity index (χ1n) is 15.7. The molecule has 0 fully saturated rings. The van der Waals surface area contributed by atoms with Gasteiger partial charge in [0.05, 0.1) is 30.9 Å². The largest absolute Gasteiger partial charge is 0.467 e. The number of hydrogen-bond acceptors (Lipinski definition) is 6. The molecule has 0 spiro atoms. The van der Waals surface area contributed by atoms with E-state index in [-0.39, 0.29) is 23.4 Å². The van der Waals surface area contributed by atoms with Gasteiger partial charge in [-0.2, -0.15) is 26.3 Å². The van der Waals surface area contributed by atoms with E-state index in [1.165, 1.54) is 37.4 Å². The molecular weight excluding hydrogens is 710 g/mol. The van der Waals surface area contributed by atoms with Gasteiger partial charge in [0.15, 0.2) is 0 Å². The van der Waals surface area contributed by atoms with Gasteiger partial charge in [0, 0.05) is 18.4 Å². The van der Waals surface area contributed by atoms with Gasteiger partial charge >= 0.3 is 24.3 Å². The van der Waals surface area contributed by atoms with Crippen molar-refractivity contribution in [3.05, 3.63) is 142 Å². The molecule has 0 aliphatic heterocycles. The third kappa shape index (κ3) is 11.9. The van der Waals surface area contributed by atoms with Crippen LogP contribution in [0.25, 0.3) is 0 Å². The van der Waals surface area contributed by atoms with Crippen molar-refractivity contribution in [3.63, 3.8) is 0 Å². The van der Waals surface area contributed by atoms with Crippen molar-refractivity contribution in [2.24, 2.45) is 0 Å². The zero-order valence-electron chi connectivity index (χ0n) is 28.5. The minimum absolute atomic E-state index is 0.104. The number of carbonyl (C=O) groups is 3. The standard InChI is InChI=1S/C19H18F3NO3.C19H18F3NO2S/c1-12-7-9-13(10-8-12)11-16(18(25)26-2)23-17(24)14-5-3-4-6-15(14)19(20,21)22;1-12-7-9-13(10-8-12)11-16(18(24)25-2)23-17(26)14-5-3-4-6-15(14)19(20,21)22/h3-10,16H,11H2,1-2H3,(H,23,24);3-10,16H,11H2,1-2H3,(H,23,26). The third-order valence-electron chi connectivity index (χ3n) is 7.66. The first-order valence-corrected chi connectivity index (χ1v) is 16.1. The molecule has 2 N–H and O–H groups in total. The van der Waals surface area contributed by atoms with E-state index in [0.29, 0.717) is 0 Å². The lowest BCUT2D eigenvalue weighted by molar-refractivity contribution is -0.143. The molecule has 4 aromatic rings. The fourth-order valence-electron chi connectivity index (χ4n) is 4.92. The van der Waals surface area contributed by atoms with E-state index in [0.717, 1.165) is 47.6 Å². The SMILES string of the molecule is COC(=O)C(Cc1ccc(C)cc1)NC(=O)c1ccccc1C(F)(F)F.COC(=O)C(Cc1ccc(C)cc1)NC(=S)c1ccccc1C(F)(F)F. The maximum Gasteiger partial charge on any atom is 0.417 e. The van der Waals surface area contributed by atoms with E-state index in [9.17, 15) is 40.7 Å². The molecule has 2 atom stereocenters. The van der Waals surface area contributed by atoms with E-state index in [2.05, 4.69) is 15.4 Å². The van der Waals surface area contributed by atoms with E-state index in [1.54, 1.807) is 12.1 Å². The number of halogens is 6. The zero-order chi connectivity index (χ0) is 38.6. The topological polar surface area (TPSA) is 93.7 Å². The van der Waals surface area contributed by atoms with Gasteiger partial charge in [0.1, 0.15) is 17.1 Å². The number of ether oxygens (including phenoxy) is 2. The molecule has 7 nitrogen and oxygen atoms in total. The van der Waals surface area contributed by atoms with Crippen molar-refractivity contribution in [1.82, 2.24) is 10.6 Å². The molecule has 4 aromatic carbocycles. The van der Waals surface area contributed by atoms with Crippen LogP contribution >= 0.6 is 12.2 Å². The number of methoxy groups -OCH3 is 2. The van der Waals surface area contributed by atoms with E-state index < -0.39 is 59.0 Å². The number of esters is 2. The lowest BCUT2D eigenvalue weighted by Crippen LogP contribution is -2.43. The van der Waals surface area contributed by atoms with Gasteiger partial charge in [-0.25, -0.2) is 9.59 Å². The molecule has 14 heteroatoms. The van der Waals surface area contributed by atoms with Gasteiger partial charge in [-0.3, -0.25) is 4.79 Å². The van der Waals surface area contributed by atoms with Crippen molar-refractivity contribution in [1.29, 1.82) is 0 Å². The maximum absolute atomic E-state index is 13.2. The van der Waals surface area contributed by atoms with Crippen molar-refractivity contribution in [2.45, 2.75) is 51.1 Å². The molecule has 0 aliphatic rings. The molecule has 0 aromatic heterocycles. The van der Waals surface area contributed by atoms with Crippen LogP contribution in [0.3, 0.4) is 0 Å². The maximum atomic E-state index is 13.2. The number of carbonyl (C=O) groups excluding carboxylic acids is 3. The van der Waals surface area contributed by atoms with Crippen LogP contribution in [0.5, 0.6) is 0 Å². The van der Waals surface area contributed by atoms with Crippen LogP contribution < -0.4 is 10.6 Å². The number of thiocarbonyl (C=S) groups is 1. The highest BCUT2D eigenvalue weighted by molar-refractivity contribution is 7.80. The number of alkyl halides is 6. The minimum atomic E-state index is -4.67. The number of amides is 1. The molecule has 0 aliphatic carbocycles. The minimum Gasteiger partial charge on any atom is -0.467 e. The molecule has 0 saturated heterocycles. The Morgan fingerprint density at radius 3 is 1.37 bits per heavy atom. The molecule has 0 saturated carbocycles. The molecule has 0 radical (unpaired) electrons. The van der Waals surface area contributed by atoms with Crippen molar-refractivity contribution in [2.75, 3.05) is 14.2 Å². The first-order chi connectivity index (χ1) is 24.4. The Labute approximate surface area is 302 Å². The van der Waals surface area contributed by atoms with Crippen molar-refractivity contribution in [3.8, 4) is 0 Å². The third-order valence-corrected chi connectivity index (χ3v) is 7.99. The summed E-state index contributed by atoms with van der Waals surface area (Å²) in [6.45, 7) is 3.83. The van der Waals surface area contributed by atoms with E-state index in [4.69, 9.17) is 17.0 Å². The fourth-order valence-corrected chi connectivity index (χ4v) is 5.24. The lowest BCUT2D eigenvalue weighted by atomic mass is 10.0. The highest BCUT2D eigenvalue weighted by atomic mass is 32.1. The molecule has 1 amide bonds. The average Bonchev–Trinajstić information content (AvgIpc) is 3.11. The Kier molecular flexibility index (Phi) is 14.5. The smallest absolute Gasteiger partial charge is 0.417 e. The number of rotatable bonds is 10. The van der Waals surface area contributed by atoms with Gasteiger partial charge in [-0.1, -0.05) is 102 Å². The number of hydrogen-bond donors (Lipinski definition) is 2. The summed E-state index contributed by atoms with van der Waals surface area (Å²) in [7, 11) is 2.37. The van der Waals surface area contributed by atoms with Crippen LogP contribution in [0, 0.1) is 13.8 Å². The zero-order valence-corrected chi connectivity index (χ0v) is 29.3. The van der Waals surface area contributed by atoms with E-state index >= 15 is 0 Å². The summed E-state index contributed by atoms with van der Waals surface area (Å²) in [6, 6.07) is 22.1. The van der Waals surface area contributed by atoms with Crippen LogP contribution in [0.2, 0.25) is 0 Å². The van der Waals surface area contributed by atoms with Crippen LogP contribution in [-0.4, -0.2) is 49.1 Å². The first kappa shape index (κ1) is 41.2. The summed E-state index contributed by atoms with van der Waals surface area (Å²) in [5.74, 6) is -2.32. The molecule has 0 heterocycles. The Bertz CT molecular complexity index is 1710. The summed E-state index contributed by atoms with van der Waals surface area (Å²) < 4.78 is 88.2. The van der Waals surface area contributed by atoms with Gasteiger partial charge in [-0.15, -0.1) is 0 Å². The summed E-state index contributed by atoms with van der Waals surface area (Å²) in [6.07, 6.45) is -8.88. The van der Waals surface area contributed by atoms with Crippen LogP contribution in [-0.2, 0) is 44.3 Å². The second-order valence-corrected chi connectivity index (χ2v) is 12.0. The predicted molar refractivity (Wildman–Crippen MR) is 187 cm³/mol. The Morgan fingerprint density at radius 1 is 0.596 bits per heavy atom. The van der Waals surface area contributed by atoms with Gasteiger partial charge < -0.3 is 20.1 Å². The number of benzene rings is 4. The molecule has 4 rings (SSSR count). The van der Waals surface area contributed by atoms with Crippen LogP contribution in [0.4, 0.5) is 26.3 Å². The van der Waals surface area contributed by atoms with Gasteiger partial charge in [-0.05, 0) is 43.2 Å². The monoisotopic (exact) mass is 746 g/mol. The summed E-state index contributed by atoms with van der Waals surface area (Å²) in [4.78, 5) is 36.3. The van der Waals surface area contributed by atoms with Gasteiger partial charge in [0.25, 0.3) is 5.91 Å². The summed E-state index contributed by atoms with van der Waals surface area (Å²) in [5.41, 5.74) is 1.04. The Morgan fingerprint density at radius 2 is 0.962 bits per heavy atom. The van der Waals surface area contributed by atoms with Gasteiger partial charge in [0.2, 0.25) is 0 Å². The second kappa shape index (κ2) is 18.3. The number of nitrogens with one attached hydrogen (secondary N) is 2. The highest BCUT2D eigenvalue weighted by Gasteiger charge is 2.36. The highest BCUT2D eigenvalue weighted by Crippen LogP contribution is 2.33. The molecular formula is C38H36F6N2O5S. The fraction of sp³-hybridized carbons (Fsp3) is 0.263. The summed E-state index contributed by atoms with van der Waals surface area (Å²) >= 11 is 5.14. The molecule has 0 bridgehead atoms. The second-order valence-electron chi connectivity index (χ2n) is 11.6. The quantitative estimate of drug-likeness (QED) is 0.0982. The number of aryl methyl sites for hydroxylation is 2. The van der Waals surface area contributed by atoms with Crippen molar-refractivity contribution < 1.29 is 50.2 Å². The Balaban J connectivity index is 0.000000280. The molecule has 276 valence electrons. The summed E-state index contributed by atoms with van der Waals surface area (Å²) in [5, 5.41) is 5.06. The average molecular weight is 747 g/mol. The van der Waals surface area contributed by atoms with Crippen LogP contribution in [0.1, 0.15) is 49.3 Å².